The van der Waals surface area contributed by atoms with E-state index in [1.54, 1.807) is 24.3 Å². The van der Waals surface area contributed by atoms with Crippen molar-refractivity contribution in [2.45, 2.75) is 20.8 Å². The minimum absolute atomic E-state index is 0.173. The molecular formula is C129H88F8N6. The lowest BCUT2D eigenvalue weighted by Gasteiger charge is -2.26. The fraction of sp³-hybridized carbons (Fsp3) is 0.0233. The number of halogens is 8. The lowest BCUT2D eigenvalue weighted by molar-refractivity contribution is 0.381. The van der Waals surface area contributed by atoms with E-state index in [-0.39, 0.29) is 23.0 Å². The molecular weight excluding hydrogens is 1790 g/mol. The highest BCUT2D eigenvalue weighted by molar-refractivity contribution is 6.13. The van der Waals surface area contributed by atoms with Crippen LogP contribution in [0.1, 0.15) is 16.7 Å². The number of hydrogen-bond acceptors (Lipinski definition) is 3. The van der Waals surface area contributed by atoms with Crippen molar-refractivity contribution in [2.75, 3.05) is 14.7 Å². The van der Waals surface area contributed by atoms with Crippen LogP contribution in [0.2, 0.25) is 0 Å². The van der Waals surface area contributed by atoms with Gasteiger partial charge in [-0.25, -0.2) is 35.1 Å². The van der Waals surface area contributed by atoms with Gasteiger partial charge in [-0.2, -0.15) is 0 Å². The fourth-order valence-corrected chi connectivity index (χ4v) is 19.5. The van der Waals surface area contributed by atoms with Crippen molar-refractivity contribution in [3.63, 3.8) is 0 Å². The van der Waals surface area contributed by atoms with Crippen molar-refractivity contribution in [2.24, 2.45) is 0 Å². The summed E-state index contributed by atoms with van der Waals surface area (Å²) in [5, 5.41) is 7.24. The molecule has 143 heavy (non-hydrogen) atoms. The number of anilines is 9. The Hall–Kier alpha value is -18.1. The minimum Gasteiger partial charge on any atom is -0.311 e. The Bertz CT molecular complexity index is 8770. The summed E-state index contributed by atoms with van der Waals surface area (Å²) in [5.74, 6) is -10.9. The molecule has 0 spiro atoms. The van der Waals surface area contributed by atoms with Crippen LogP contribution in [-0.4, -0.2) is 13.7 Å². The second kappa shape index (κ2) is 38.7. The normalized spacial score (nSPS) is 11.3. The largest absolute Gasteiger partial charge is 0.311 e. The second-order valence-electron chi connectivity index (χ2n) is 35.7. The molecule has 0 fully saturated rings. The van der Waals surface area contributed by atoms with Gasteiger partial charge in [0.2, 0.25) is 5.82 Å². The predicted molar refractivity (Wildman–Crippen MR) is 573 cm³/mol. The SMILES string of the molecule is Cc1ccc2c(c1)c1cc(-c3ccc(N(c4ccc(-c5ccc(F)cc5)cc4)c4ccc(-c5c(F)c(F)c(F)c(F)c5F)cc4)cc3)ccc1n2-c1ccccc1.Cc1ccc2c(c1)c1cc(-c3ccc(N(c4ccc(F)cc4)c4ccc(-c5ccccc5)cc4)cc3)ccc1n2-c1ccccc1.Cc1ccc2c(c1)c1cc(-c3ccc(N(c4ccccc4)c4ccc(F)cc4)cc3)ccc1n2-c1ccccc1. The molecule has 21 aromatic carbocycles. The Labute approximate surface area is 821 Å². The summed E-state index contributed by atoms with van der Waals surface area (Å²) in [5.41, 5.74) is 31.3. The average Bonchev–Trinajstić information content (AvgIpc) is 1.61. The lowest BCUT2D eigenvalue weighted by Crippen LogP contribution is -2.10. The second-order valence-corrected chi connectivity index (χ2v) is 35.7. The van der Waals surface area contributed by atoms with Crippen LogP contribution in [0.25, 0.3) is 149 Å². The zero-order chi connectivity index (χ0) is 97.5. The first-order valence-corrected chi connectivity index (χ1v) is 47.2. The van der Waals surface area contributed by atoms with Crippen molar-refractivity contribution < 1.29 is 35.1 Å². The van der Waals surface area contributed by atoms with Crippen molar-refractivity contribution >= 4 is 117 Å². The standard InChI is InChI=1S/C49H30F6N2.C43H31FN2.C37H27FN2/c1-29-7-25-42-40(27-29)41-28-34(16-26-43(41)57(42)36-5-3-2-4-6-36)32-12-21-38(22-13-32)56(37-19-10-31(11-20-37)30-8-17-35(50)18-9-30)39-23-14-33(15-24-39)44-45(51)47(53)49(55)48(54)46(44)52;1-30-12-26-42-40(28-30)41-29-34(17-27-43(41)46(42)36-10-6-3-7-11-36)33-15-22-38(23-16-33)45(39-24-18-35(44)19-25-39)37-20-13-32(14-21-37)31-8-4-2-5-9-31;1-26-12-22-36-34(24-26)35-25-28(15-23-37(35)40(36)31-10-6-3-7-11-31)27-13-18-32(19-14-27)39(30-8-4-2-5-9-30)33-20-16-29(38)17-21-33/h2-28H,1H3;2-29H,1H3;2-25H,1H3. The number of benzene rings is 21. The monoisotopic (exact) mass is 1870 g/mol. The van der Waals surface area contributed by atoms with Gasteiger partial charge in [-0.05, 0) is 337 Å². The van der Waals surface area contributed by atoms with Crippen molar-refractivity contribution in [1.29, 1.82) is 0 Å². The molecule has 14 heteroatoms. The molecule has 0 aliphatic carbocycles. The number of nitrogens with zero attached hydrogens (tertiary/aromatic N) is 6. The maximum Gasteiger partial charge on any atom is 0.200 e. The Morgan fingerprint density at radius 1 is 0.154 bits per heavy atom. The van der Waals surface area contributed by atoms with E-state index in [1.165, 1.54) is 114 Å². The predicted octanol–water partition coefficient (Wildman–Crippen LogP) is 36.8. The van der Waals surface area contributed by atoms with Crippen LogP contribution in [0.15, 0.2) is 479 Å². The van der Waals surface area contributed by atoms with E-state index in [2.05, 4.69) is 335 Å². The summed E-state index contributed by atoms with van der Waals surface area (Å²) < 4.78 is 120. The van der Waals surface area contributed by atoms with Crippen LogP contribution < -0.4 is 14.7 Å². The average molecular weight is 1870 g/mol. The molecule has 0 aliphatic heterocycles. The Balaban J connectivity index is 0.000000125. The summed E-state index contributed by atoms with van der Waals surface area (Å²) in [7, 11) is 0. The van der Waals surface area contributed by atoms with Gasteiger partial charge in [0.25, 0.3) is 0 Å². The third-order valence-corrected chi connectivity index (χ3v) is 26.5. The van der Waals surface area contributed by atoms with Gasteiger partial charge in [-0.1, -0.05) is 241 Å². The van der Waals surface area contributed by atoms with E-state index in [0.29, 0.717) is 5.69 Å². The quantitative estimate of drug-likeness (QED) is 0.0486. The first-order valence-electron chi connectivity index (χ1n) is 47.2. The first kappa shape index (κ1) is 90.0. The van der Waals surface area contributed by atoms with Crippen LogP contribution >= 0.6 is 0 Å². The zero-order valence-corrected chi connectivity index (χ0v) is 77.8. The highest BCUT2D eigenvalue weighted by Gasteiger charge is 2.29. The Morgan fingerprint density at radius 2 is 0.336 bits per heavy atom. The Morgan fingerprint density at radius 3 is 0.608 bits per heavy atom. The fourth-order valence-electron chi connectivity index (χ4n) is 19.5. The summed E-state index contributed by atoms with van der Waals surface area (Å²) >= 11 is 0. The molecule has 0 N–H and O–H groups in total. The number of aromatic nitrogens is 3. The number of rotatable bonds is 18. The summed E-state index contributed by atoms with van der Waals surface area (Å²) in [6.45, 7) is 6.38. The van der Waals surface area contributed by atoms with Crippen LogP contribution in [0.3, 0.4) is 0 Å². The van der Waals surface area contributed by atoms with E-state index >= 15 is 0 Å². The van der Waals surface area contributed by atoms with E-state index in [9.17, 15) is 35.1 Å². The molecule has 0 saturated carbocycles. The molecule has 690 valence electrons. The molecule has 0 aliphatic rings. The first-order chi connectivity index (χ1) is 69.9. The van der Waals surface area contributed by atoms with E-state index in [1.807, 2.05) is 120 Å². The van der Waals surface area contributed by atoms with E-state index < -0.39 is 34.6 Å². The third kappa shape index (κ3) is 17.8. The van der Waals surface area contributed by atoms with Gasteiger partial charge in [0.05, 0.1) is 38.7 Å². The van der Waals surface area contributed by atoms with Crippen molar-refractivity contribution in [1.82, 2.24) is 13.7 Å². The van der Waals surface area contributed by atoms with Crippen LogP contribution in [-0.2, 0) is 0 Å². The molecule has 3 heterocycles. The van der Waals surface area contributed by atoms with Gasteiger partial charge in [-0.3, -0.25) is 0 Å². The minimum atomic E-state index is -2.21. The maximum absolute atomic E-state index is 14.8. The third-order valence-electron chi connectivity index (χ3n) is 26.5. The summed E-state index contributed by atoms with van der Waals surface area (Å²) in [6.07, 6.45) is 0. The van der Waals surface area contributed by atoms with Gasteiger partial charge in [-0.15, -0.1) is 0 Å². The molecule has 0 atom stereocenters. The van der Waals surface area contributed by atoms with Crippen molar-refractivity contribution in [3.05, 3.63) is 542 Å². The highest BCUT2D eigenvalue weighted by atomic mass is 19.2. The molecule has 6 nitrogen and oxygen atoms in total. The molecule has 0 bridgehead atoms. The summed E-state index contributed by atoms with van der Waals surface area (Å²) in [6, 6.07) is 158. The van der Waals surface area contributed by atoms with Gasteiger partial charge < -0.3 is 28.4 Å². The highest BCUT2D eigenvalue weighted by Crippen LogP contribution is 2.46. The molecule has 0 radical (unpaired) electrons. The molecule has 24 rings (SSSR count). The molecule has 3 aromatic heterocycles. The molecule has 0 unspecified atom stereocenters. The van der Waals surface area contributed by atoms with Gasteiger partial charge >= 0.3 is 0 Å². The summed E-state index contributed by atoms with van der Waals surface area (Å²) in [4.78, 5) is 6.22. The van der Waals surface area contributed by atoms with Crippen LogP contribution in [0.4, 0.5) is 86.3 Å². The zero-order valence-electron chi connectivity index (χ0n) is 77.8. The van der Waals surface area contributed by atoms with E-state index in [0.717, 1.165) is 134 Å². The topological polar surface area (TPSA) is 24.5 Å². The molecule has 0 amide bonds. The van der Waals surface area contributed by atoms with Gasteiger partial charge in [0.1, 0.15) is 17.5 Å². The number of hydrogen-bond donors (Lipinski definition) is 0. The maximum atomic E-state index is 14.8. The number of fused-ring (bicyclic) bond motifs is 9. The van der Waals surface area contributed by atoms with Crippen LogP contribution in [0.5, 0.6) is 0 Å². The molecule has 0 saturated heterocycles. The van der Waals surface area contributed by atoms with E-state index in [4.69, 9.17) is 0 Å². The lowest BCUT2D eigenvalue weighted by atomic mass is 10.0. The van der Waals surface area contributed by atoms with Crippen molar-refractivity contribution in [3.8, 4) is 83.8 Å². The van der Waals surface area contributed by atoms with Gasteiger partial charge in [0.15, 0.2) is 23.3 Å². The Kier molecular flexibility index (Phi) is 24.4. The van der Waals surface area contributed by atoms with Gasteiger partial charge in [0, 0.05) is 101 Å². The smallest absolute Gasteiger partial charge is 0.200 e. The molecule has 24 aromatic rings. The number of aryl methyl sites for hydroxylation is 3. The number of para-hydroxylation sites is 4. The van der Waals surface area contributed by atoms with Crippen LogP contribution in [0, 0.1) is 67.3 Å².